The van der Waals surface area contributed by atoms with Gasteiger partial charge in [0, 0.05) is 34.8 Å². The van der Waals surface area contributed by atoms with E-state index in [4.69, 9.17) is 33.2 Å². The fourth-order valence-corrected chi connectivity index (χ4v) is 3.04. The second-order valence-corrected chi connectivity index (χ2v) is 7.24. The van der Waals surface area contributed by atoms with E-state index in [2.05, 4.69) is 10.6 Å². The number of amides is 2. The molecule has 0 aliphatic carbocycles. The summed E-state index contributed by atoms with van der Waals surface area (Å²) in [6, 6.07) is 9.74. The van der Waals surface area contributed by atoms with Gasteiger partial charge in [-0.15, -0.1) is 0 Å². The van der Waals surface area contributed by atoms with Crippen molar-refractivity contribution in [2.45, 2.75) is 25.7 Å². The molecule has 0 saturated carbocycles. The van der Waals surface area contributed by atoms with Crippen LogP contribution in [-0.2, 0) is 10.7 Å². The summed E-state index contributed by atoms with van der Waals surface area (Å²) in [7, 11) is 0. The first-order valence-corrected chi connectivity index (χ1v) is 10.0. The molecule has 0 bridgehead atoms. The van der Waals surface area contributed by atoms with Crippen LogP contribution in [0.2, 0.25) is 10.0 Å². The number of halogens is 4. The van der Waals surface area contributed by atoms with Gasteiger partial charge in [-0.05, 0) is 49.7 Å². The third-order valence-electron chi connectivity index (χ3n) is 4.16. The number of anilines is 1. The summed E-state index contributed by atoms with van der Waals surface area (Å²) in [4.78, 5) is 23.7. The molecule has 0 aliphatic heterocycles. The number of carbonyl (C=O) groups is 2. The maximum absolute atomic E-state index is 14.7. The number of alkyl halides is 2. The minimum absolute atomic E-state index is 0.0360. The van der Waals surface area contributed by atoms with E-state index in [1.807, 2.05) is 6.07 Å². The average Bonchev–Trinajstić information content (AvgIpc) is 2.73. The smallest absolute Gasteiger partial charge is 0.407 e. The van der Waals surface area contributed by atoms with Gasteiger partial charge in [-0.2, -0.15) is 5.26 Å². The van der Waals surface area contributed by atoms with Crippen molar-refractivity contribution in [3.63, 3.8) is 0 Å². The van der Waals surface area contributed by atoms with Crippen LogP contribution < -0.4 is 10.6 Å². The van der Waals surface area contributed by atoms with Gasteiger partial charge in [-0.1, -0.05) is 23.2 Å². The van der Waals surface area contributed by atoms with Crippen LogP contribution in [0.5, 0.6) is 0 Å². The molecule has 164 valence electrons. The van der Waals surface area contributed by atoms with Crippen molar-refractivity contribution in [1.29, 1.82) is 5.26 Å². The van der Waals surface area contributed by atoms with Crippen molar-refractivity contribution in [1.82, 2.24) is 5.32 Å². The number of nitrogens with zero attached hydrogens (tertiary/aromatic N) is 1. The molecule has 0 aromatic heterocycles. The summed E-state index contributed by atoms with van der Waals surface area (Å²) in [5.74, 6) is -3.99. The van der Waals surface area contributed by atoms with E-state index in [0.717, 1.165) is 6.07 Å². The van der Waals surface area contributed by atoms with Crippen molar-refractivity contribution in [2.24, 2.45) is 0 Å². The predicted molar refractivity (Wildman–Crippen MR) is 114 cm³/mol. The molecule has 0 atom stereocenters. The van der Waals surface area contributed by atoms with Crippen LogP contribution >= 0.6 is 23.2 Å². The van der Waals surface area contributed by atoms with Gasteiger partial charge in [-0.25, -0.2) is 13.6 Å². The molecule has 0 saturated heterocycles. The van der Waals surface area contributed by atoms with Gasteiger partial charge in [0.1, 0.15) is 6.07 Å². The second-order valence-electron chi connectivity index (χ2n) is 6.43. The number of nitrogens with one attached hydrogen (secondary N) is 2. The highest BCUT2D eigenvalue weighted by atomic mass is 35.5. The average molecular weight is 470 g/mol. The van der Waals surface area contributed by atoms with Gasteiger partial charge < -0.3 is 15.4 Å². The zero-order valence-corrected chi connectivity index (χ0v) is 18.0. The highest BCUT2D eigenvalue weighted by Crippen LogP contribution is 2.38. The largest absolute Gasteiger partial charge is 0.450 e. The highest BCUT2D eigenvalue weighted by molar-refractivity contribution is 6.32. The first kappa shape index (κ1) is 24.4. The third-order valence-corrected chi connectivity index (χ3v) is 4.82. The standard InChI is InChI=1S/C21H19Cl2F2N3O3/c1-2-27-20(30)31-9-3-8-21(24,25)16-11-13(4-6-18(16)23)19(29)28-15-5-7-17(22)14(10-15)12-26/h4-7,10-11H,2-3,8-9H2,1H3,(H,27,30)(H,28,29). The Balaban J connectivity index is 2.10. The maximum Gasteiger partial charge on any atom is 0.407 e. The van der Waals surface area contributed by atoms with Crippen LogP contribution in [0.4, 0.5) is 19.3 Å². The molecule has 2 N–H and O–H groups in total. The second kappa shape index (κ2) is 10.9. The van der Waals surface area contributed by atoms with Gasteiger partial charge >= 0.3 is 6.09 Å². The van der Waals surface area contributed by atoms with Gasteiger partial charge in [0.15, 0.2) is 0 Å². The Kier molecular flexibility index (Phi) is 8.60. The molecule has 2 aromatic rings. The minimum Gasteiger partial charge on any atom is -0.450 e. The Labute approximate surface area is 188 Å². The third kappa shape index (κ3) is 6.81. The molecule has 0 heterocycles. The van der Waals surface area contributed by atoms with E-state index in [-0.39, 0.29) is 39.9 Å². The fraction of sp³-hybridized carbons (Fsp3) is 0.286. The Morgan fingerprint density at radius 2 is 1.87 bits per heavy atom. The number of nitriles is 1. The van der Waals surface area contributed by atoms with E-state index in [9.17, 15) is 18.4 Å². The lowest BCUT2D eigenvalue weighted by Crippen LogP contribution is -2.24. The molecular formula is C21H19Cl2F2N3O3. The molecule has 0 radical (unpaired) electrons. The first-order chi connectivity index (χ1) is 14.7. The van der Waals surface area contributed by atoms with Gasteiger partial charge in [0.2, 0.25) is 0 Å². The summed E-state index contributed by atoms with van der Waals surface area (Å²) in [6.07, 6.45) is -1.40. The Morgan fingerprint density at radius 3 is 2.55 bits per heavy atom. The monoisotopic (exact) mass is 469 g/mol. The predicted octanol–water partition coefficient (Wildman–Crippen LogP) is 5.74. The number of rotatable bonds is 8. The molecule has 0 aliphatic rings. The molecule has 0 fully saturated rings. The van der Waals surface area contributed by atoms with Crippen molar-refractivity contribution in [2.75, 3.05) is 18.5 Å². The van der Waals surface area contributed by atoms with Crippen LogP contribution in [0.1, 0.15) is 41.3 Å². The zero-order valence-electron chi connectivity index (χ0n) is 16.5. The summed E-state index contributed by atoms with van der Waals surface area (Å²) in [6.45, 7) is 1.89. The lowest BCUT2D eigenvalue weighted by molar-refractivity contribution is -0.0195. The molecule has 10 heteroatoms. The summed E-state index contributed by atoms with van der Waals surface area (Å²) in [5, 5.41) is 14.0. The summed E-state index contributed by atoms with van der Waals surface area (Å²) >= 11 is 11.8. The van der Waals surface area contributed by atoms with Crippen LogP contribution in [0, 0.1) is 11.3 Å². The van der Waals surface area contributed by atoms with Crippen LogP contribution in [-0.4, -0.2) is 25.2 Å². The number of hydrogen-bond donors (Lipinski definition) is 2. The molecule has 2 aromatic carbocycles. The number of alkyl carbamates (subject to hydrolysis) is 1. The number of ether oxygens (including phenoxy) is 1. The molecule has 2 rings (SSSR count). The molecule has 6 nitrogen and oxygen atoms in total. The minimum atomic E-state index is -3.34. The van der Waals surface area contributed by atoms with Crippen molar-refractivity contribution >= 4 is 40.9 Å². The van der Waals surface area contributed by atoms with E-state index in [0.29, 0.717) is 6.54 Å². The lowest BCUT2D eigenvalue weighted by Gasteiger charge is -2.19. The number of benzene rings is 2. The molecular weight excluding hydrogens is 451 g/mol. The van der Waals surface area contributed by atoms with Crippen LogP contribution in [0.3, 0.4) is 0 Å². The molecule has 31 heavy (non-hydrogen) atoms. The van der Waals surface area contributed by atoms with Crippen LogP contribution in [0.25, 0.3) is 0 Å². The molecule has 0 spiro atoms. The highest BCUT2D eigenvalue weighted by Gasteiger charge is 2.34. The van der Waals surface area contributed by atoms with Gasteiger partial charge in [-0.3, -0.25) is 4.79 Å². The van der Waals surface area contributed by atoms with Crippen molar-refractivity contribution in [3.05, 3.63) is 63.1 Å². The summed E-state index contributed by atoms with van der Waals surface area (Å²) in [5.41, 5.74) is -0.0888. The lowest BCUT2D eigenvalue weighted by atomic mass is 10.0. The van der Waals surface area contributed by atoms with Crippen molar-refractivity contribution in [3.8, 4) is 6.07 Å². The SMILES string of the molecule is CCNC(=O)OCCCC(F)(F)c1cc(C(=O)Nc2ccc(Cl)c(C#N)c2)ccc1Cl. The van der Waals surface area contributed by atoms with Gasteiger partial charge in [0.25, 0.3) is 11.8 Å². The van der Waals surface area contributed by atoms with Crippen LogP contribution in [0.15, 0.2) is 36.4 Å². The number of carbonyl (C=O) groups excluding carboxylic acids is 2. The topological polar surface area (TPSA) is 91.2 Å². The van der Waals surface area contributed by atoms with E-state index >= 15 is 0 Å². The Morgan fingerprint density at radius 1 is 1.16 bits per heavy atom. The van der Waals surface area contributed by atoms with E-state index < -0.39 is 29.9 Å². The summed E-state index contributed by atoms with van der Waals surface area (Å²) < 4.78 is 34.1. The quantitative estimate of drug-likeness (QED) is 0.482. The Bertz CT molecular complexity index is 1010. The van der Waals surface area contributed by atoms with E-state index in [1.165, 1.54) is 30.3 Å². The van der Waals surface area contributed by atoms with E-state index in [1.54, 1.807) is 6.92 Å². The van der Waals surface area contributed by atoms with Gasteiger partial charge in [0.05, 0.1) is 17.2 Å². The Hall–Kier alpha value is -2.89. The first-order valence-electron chi connectivity index (χ1n) is 9.27. The fourth-order valence-electron chi connectivity index (χ4n) is 2.63. The number of hydrogen-bond acceptors (Lipinski definition) is 4. The maximum atomic E-state index is 14.7. The molecule has 2 amide bonds. The molecule has 0 unspecified atom stereocenters. The normalized spacial score (nSPS) is 10.8. The van der Waals surface area contributed by atoms with Crippen molar-refractivity contribution < 1.29 is 23.1 Å². The zero-order chi connectivity index (χ0) is 23.0.